The highest BCUT2D eigenvalue weighted by Gasteiger charge is 2.64. The standard InChI is InChI=1S/C19H23N3O5/c1-3-26-18(24)19(9-16(19)17(23)21-25)8-13-4-6-15(7-5-13)27-11-14-10-20-12-22(14)2/h4-7,10,12,16,25H,3,8-9,11H2,1-2H3,(H,21,23). The van der Waals surface area contributed by atoms with Gasteiger partial charge in [-0.25, -0.2) is 10.5 Å². The summed E-state index contributed by atoms with van der Waals surface area (Å²) in [5.74, 6) is -0.845. The molecule has 2 atom stereocenters. The quantitative estimate of drug-likeness (QED) is 0.414. The van der Waals surface area contributed by atoms with Gasteiger partial charge >= 0.3 is 5.97 Å². The van der Waals surface area contributed by atoms with Crippen molar-refractivity contribution < 1.29 is 24.3 Å². The molecule has 2 unspecified atom stereocenters. The summed E-state index contributed by atoms with van der Waals surface area (Å²) >= 11 is 0. The summed E-state index contributed by atoms with van der Waals surface area (Å²) in [5, 5.41) is 8.87. The van der Waals surface area contributed by atoms with Crippen LogP contribution in [0, 0.1) is 11.3 Å². The number of imidazole rings is 1. The van der Waals surface area contributed by atoms with Gasteiger partial charge < -0.3 is 14.0 Å². The molecule has 2 N–H and O–H groups in total. The minimum Gasteiger partial charge on any atom is -0.487 e. The molecule has 3 rings (SSSR count). The molecule has 0 radical (unpaired) electrons. The van der Waals surface area contributed by atoms with Crippen LogP contribution in [0.5, 0.6) is 5.75 Å². The van der Waals surface area contributed by atoms with Gasteiger partial charge in [0.1, 0.15) is 12.4 Å². The third-order valence-corrected chi connectivity index (χ3v) is 4.93. The first-order valence-corrected chi connectivity index (χ1v) is 8.78. The monoisotopic (exact) mass is 373 g/mol. The van der Waals surface area contributed by atoms with Crippen LogP contribution in [0.25, 0.3) is 0 Å². The van der Waals surface area contributed by atoms with E-state index in [9.17, 15) is 9.59 Å². The van der Waals surface area contributed by atoms with E-state index in [2.05, 4.69) is 4.98 Å². The fourth-order valence-corrected chi connectivity index (χ4v) is 3.24. The van der Waals surface area contributed by atoms with Gasteiger partial charge in [0, 0.05) is 7.05 Å². The second-order valence-corrected chi connectivity index (χ2v) is 6.71. The Morgan fingerprint density at radius 1 is 1.37 bits per heavy atom. The number of hydrogen-bond acceptors (Lipinski definition) is 6. The molecule has 1 aliphatic rings. The molecule has 2 aromatic rings. The molecule has 144 valence electrons. The lowest BCUT2D eigenvalue weighted by Gasteiger charge is -2.16. The molecular weight excluding hydrogens is 350 g/mol. The van der Waals surface area contributed by atoms with Crippen molar-refractivity contribution in [1.29, 1.82) is 0 Å². The molecule has 1 heterocycles. The maximum absolute atomic E-state index is 12.4. The van der Waals surface area contributed by atoms with Crippen LogP contribution in [-0.2, 0) is 34.4 Å². The Morgan fingerprint density at radius 3 is 2.70 bits per heavy atom. The number of hydrogen-bond donors (Lipinski definition) is 2. The summed E-state index contributed by atoms with van der Waals surface area (Å²) in [4.78, 5) is 28.2. The molecule has 0 spiro atoms. The van der Waals surface area contributed by atoms with E-state index in [1.54, 1.807) is 24.9 Å². The first kappa shape index (κ1) is 18.9. The second-order valence-electron chi connectivity index (χ2n) is 6.71. The fraction of sp³-hybridized carbons (Fsp3) is 0.421. The Balaban J connectivity index is 1.66. The molecular formula is C19H23N3O5. The Bertz CT molecular complexity index is 817. The molecule has 8 nitrogen and oxygen atoms in total. The van der Waals surface area contributed by atoms with Crippen molar-refractivity contribution in [1.82, 2.24) is 15.0 Å². The molecule has 0 saturated heterocycles. The number of aromatic nitrogens is 2. The van der Waals surface area contributed by atoms with Crippen molar-refractivity contribution in [3.63, 3.8) is 0 Å². The van der Waals surface area contributed by atoms with Crippen molar-refractivity contribution in [3.05, 3.63) is 48.0 Å². The third kappa shape index (κ3) is 3.95. The molecule has 1 saturated carbocycles. The lowest BCUT2D eigenvalue weighted by molar-refractivity contribution is -0.152. The largest absolute Gasteiger partial charge is 0.487 e. The number of benzene rings is 1. The number of ether oxygens (including phenoxy) is 2. The third-order valence-electron chi connectivity index (χ3n) is 4.93. The van der Waals surface area contributed by atoms with E-state index >= 15 is 0 Å². The molecule has 1 aliphatic carbocycles. The summed E-state index contributed by atoms with van der Waals surface area (Å²) in [6.45, 7) is 2.37. The van der Waals surface area contributed by atoms with Crippen LogP contribution in [0.4, 0.5) is 0 Å². The predicted molar refractivity (Wildman–Crippen MR) is 94.8 cm³/mol. The Morgan fingerprint density at radius 2 is 2.11 bits per heavy atom. The van der Waals surface area contributed by atoms with Gasteiger partial charge in [0.25, 0.3) is 0 Å². The van der Waals surface area contributed by atoms with E-state index in [4.69, 9.17) is 14.7 Å². The molecule has 1 amide bonds. The summed E-state index contributed by atoms with van der Waals surface area (Å²) in [7, 11) is 1.90. The van der Waals surface area contributed by atoms with Crippen molar-refractivity contribution in [2.24, 2.45) is 18.4 Å². The number of esters is 1. The van der Waals surface area contributed by atoms with Crippen LogP contribution in [0.1, 0.15) is 24.6 Å². The minimum atomic E-state index is -0.917. The van der Waals surface area contributed by atoms with Gasteiger partial charge in [0.2, 0.25) is 5.91 Å². The summed E-state index contributed by atoms with van der Waals surface area (Å²) in [6.07, 6.45) is 4.19. The fourth-order valence-electron chi connectivity index (χ4n) is 3.24. The van der Waals surface area contributed by atoms with Gasteiger partial charge in [0.15, 0.2) is 0 Å². The van der Waals surface area contributed by atoms with Crippen molar-refractivity contribution in [2.75, 3.05) is 6.61 Å². The average molecular weight is 373 g/mol. The average Bonchev–Trinajstić information content (AvgIpc) is 3.26. The number of amides is 1. The van der Waals surface area contributed by atoms with Crippen molar-refractivity contribution in [2.45, 2.75) is 26.4 Å². The van der Waals surface area contributed by atoms with Crippen molar-refractivity contribution in [3.8, 4) is 5.75 Å². The molecule has 0 bridgehead atoms. The topological polar surface area (TPSA) is 103 Å². The highest BCUT2D eigenvalue weighted by Crippen LogP contribution is 2.55. The van der Waals surface area contributed by atoms with Gasteiger partial charge in [-0.2, -0.15) is 0 Å². The maximum atomic E-state index is 12.4. The predicted octanol–water partition coefficient (Wildman–Crippen LogP) is 1.62. The number of rotatable bonds is 8. The van der Waals surface area contributed by atoms with Gasteiger partial charge in [-0.05, 0) is 37.5 Å². The lowest BCUT2D eigenvalue weighted by Crippen LogP contribution is -2.30. The number of carbonyl (C=O) groups is 2. The molecule has 8 heteroatoms. The highest BCUT2D eigenvalue weighted by atomic mass is 16.5. The molecule has 1 aromatic carbocycles. The van der Waals surface area contributed by atoms with E-state index in [1.165, 1.54) is 0 Å². The SMILES string of the molecule is CCOC(=O)C1(Cc2ccc(OCc3cncn3C)cc2)CC1C(=O)NO. The van der Waals surface area contributed by atoms with Gasteiger partial charge in [-0.1, -0.05) is 12.1 Å². The maximum Gasteiger partial charge on any atom is 0.313 e. The highest BCUT2D eigenvalue weighted by molar-refractivity contribution is 5.93. The molecule has 27 heavy (non-hydrogen) atoms. The second kappa shape index (κ2) is 7.79. The number of nitrogens with one attached hydrogen (secondary N) is 1. The first-order chi connectivity index (χ1) is 13.0. The normalized spacial score (nSPS) is 20.8. The summed E-state index contributed by atoms with van der Waals surface area (Å²) in [5.41, 5.74) is 2.57. The summed E-state index contributed by atoms with van der Waals surface area (Å²) < 4.78 is 12.8. The Labute approximate surface area is 157 Å². The lowest BCUT2D eigenvalue weighted by atomic mass is 9.93. The molecule has 0 aliphatic heterocycles. The zero-order chi connectivity index (χ0) is 19.4. The molecule has 1 fully saturated rings. The molecule has 1 aromatic heterocycles. The van der Waals surface area contributed by atoms with E-state index in [-0.39, 0.29) is 6.61 Å². The zero-order valence-corrected chi connectivity index (χ0v) is 15.3. The van der Waals surface area contributed by atoms with Gasteiger partial charge in [0.05, 0.1) is 36.2 Å². The van der Waals surface area contributed by atoms with E-state index < -0.39 is 23.2 Å². The smallest absolute Gasteiger partial charge is 0.313 e. The van der Waals surface area contributed by atoms with Crippen LogP contribution < -0.4 is 10.2 Å². The minimum absolute atomic E-state index is 0.245. The number of nitrogens with zero attached hydrogens (tertiary/aromatic N) is 2. The van der Waals surface area contributed by atoms with Gasteiger partial charge in [-0.15, -0.1) is 0 Å². The van der Waals surface area contributed by atoms with Crippen molar-refractivity contribution >= 4 is 11.9 Å². The van der Waals surface area contributed by atoms with Crippen LogP contribution in [0.15, 0.2) is 36.8 Å². The van der Waals surface area contributed by atoms with Crippen LogP contribution >= 0.6 is 0 Å². The van der Waals surface area contributed by atoms with Crippen LogP contribution in [0.3, 0.4) is 0 Å². The number of hydroxylamine groups is 1. The number of aryl methyl sites for hydroxylation is 1. The van der Waals surface area contributed by atoms with Crippen LogP contribution in [0.2, 0.25) is 0 Å². The Kier molecular flexibility index (Phi) is 5.46. The van der Waals surface area contributed by atoms with E-state index in [0.29, 0.717) is 25.2 Å². The number of carbonyl (C=O) groups excluding carboxylic acids is 2. The Hall–Kier alpha value is -2.87. The zero-order valence-electron chi connectivity index (χ0n) is 15.3. The van der Waals surface area contributed by atoms with Gasteiger partial charge in [-0.3, -0.25) is 14.8 Å². The van der Waals surface area contributed by atoms with Crippen LogP contribution in [-0.4, -0.2) is 33.2 Å². The summed E-state index contributed by atoms with van der Waals surface area (Å²) in [6, 6.07) is 7.39. The van der Waals surface area contributed by atoms with E-state index in [1.807, 2.05) is 35.9 Å². The van der Waals surface area contributed by atoms with E-state index in [0.717, 1.165) is 11.3 Å². The first-order valence-electron chi connectivity index (χ1n) is 8.78.